The van der Waals surface area contributed by atoms with Crippen molar-refractivity contribution in [2.24, 2.45) is 0 Å². The molecule has 0 amide bonds. The minimum atomic E-state index is 0.964. The summed E-state index contributed by atoms with van der Waals surface area (Å²) in [5, 5.41) is 0. The maximum Gasteiger partial charge on any atom is 0.142 e. The molecule has 0 radical (unpaired) electrons. The normalized spacial score (nSPS) is 16.2. The highest BCUT2D eigenvalue weighted by Gasteiger charge is 2.19. The number of rotatable bonds is 5. The van der Waals surface area contributed by atoms with Crippen LogP contribution >= 0.6 is 0 Å². The second kappa shape index (κ2) is 8.02. The second-order valence-electron chi connectivity index (χ2n) is 6.34. The molecule has 0 saturated carbocycles. The maximum atomic E-state index is 5.49. The van der Waals surface area contributed by atoms with Gasteiger partial charge in [0.1, 0.15) is 5.75 Å². The molecule has 0 spiro atoms. The molecular weight excluding hydrogens is 296 g/mol. The summed E-state index contributed by atoms with van der Waals surface area (Å²) in [6, 6.07) is 18.8. The number of para-hydroxylation sites is 2. The Morgan fingerprint density at radius 2 is 1.62 bits per heavy atom. The summed E-state index contributed by atoms with van der Waals surface area (Å²) < 4.78 is 5.49. The van der Waals surface area contributed by atoms with Gasteiger partial charge in [-0.25, -0.2) is 0 Å². The lowest BCUT2D eigenvalue weighted by molar-refractivity contribution is 0.277. The first-order valence-corrected chi connectivity index (χ1v) is 8.59. The Labute approximate surface area is 145 Å². The van der Waals surface area contributed by atoms with Crippen LogP contribution in [0.3, 0.4) is 0 Å². The zero-order valence-electron chi connectivity index (χ0n) is 14.6. The van der Waals surface area contributed by atoms with Crippen molar-refractivity contribution in [1.82, 2.24) is 4.90 Å². The van der Waals surface area contributed by atoms with Gasteiger partial charge in [0.05, 0.1) is 12.8 Å². The van der Waals surface area contributed by atoms with Crippen LogP contribution in [0.1, 0.15) is 12.5 Å². The third-order valence-corrected chi connectivity index (χ3v) is 4.48. The lowest BCUT2D eigenvalue weighted by Gasteiger charge is -2.36. The molecule has 1 aliphatic heterocycles. The number of hydrogen-bond acceptors (Lipinski definition) is 3. The number of methoxy groups -OCH3 is 1. The first-order valence-electron chi connectivity index (χ1n) is 8.59. The van der Waals surface area contributed by atoms with E-state index in [4.69, 9.17) is 4.74 Å². The van der Waals surface area contributed by atoms with E-state index in [-0.39, 0.29) is 0 Å². The van der Waals surface area contributed by atoms with Crippen LogP contribution < -0.4 is 9.64 Å². The Bertz CT molecular complexity index is 673. The van der Waals surface area contributed by atoms with Gasteiger partial charge in [0.2, 0.25) is 0 Å². The molecule has 3 heteroatoms. The van der Waals surface area contributed by atoms with Crippen molar-refractivity contribution >= 4 is 11.8 Å². The zero-order chi connectivity index (χ0) is 16.8. The van der Waals surface area contributed by atoms with E-state index in [2.05, 4.69) is 65.3 Å². The first-order chi connectivity index (χ1) is 11.8. The van der Waals surface area contributed by atoms with Gasteiger partial charge in [-0.15, -0.1) is 0 Å². The van der Waals surface area contributed by atoms with Gasteiger partial charge in [0, 0.05) is 32.7 Å². The van der Waals surface area contributed by atoms with E-state index in [0.717, 1.165) is 38.5 Å². The predicted molar refractivity (Wildman–Crippen MR) is 102 cm³/mol. The van der Waals surface area contributed by atoms with E-state index >= 15 is 0 Å². The van der Waals surface area contributed by atoms with Crippen LogP contribution in [0.15, 0.2) is 60.2 Å². The fourth-order valence-electron chi connectivity index (χ4n) is 3.27. The van der Waals surface area contributed by atoms with Crippen molar-refractivity contribution in [3.8, 4) is 5.75 Å². The van der Waals surface area contributed by atoms with Crippen LogP contribution in [-0.4, -0.2) is 44.7 Å². The van der Waals surface area contributed by atoms with Crippen LogP contribution in [-0.2, 0) is 0 Å². The van der Waals surface area contributed by atoms with Crippen molar-refractivity contribution in [2.45, 2.75) is 6.92 Å². The monoisotopic (exact) mass is 322 g/mol. The van der Waals surface area contributed by atoms with Gasteiger partial charge in [0.25, 0.3) is 0 Å². The van der Waals surface area contributed by atoms with E-state index in [1.165, 1.54) is 16.8 Å². The third kappa shape index (κ3) is 4.18. The number of hydrogen-bond donors (Lipinski definition) is 0. The molecule has 1 aliphatic rings. The topological polar surface area (TPSA) is 15.7 Å². The summed E-state index contributed by atoms with van der Waals surface area (Å²) in [5.41, 5.74) is 3.89. The van der Waals surface area contributed by atoms with Crippen LogP contribution in [0.25, 0.3) is 6.08 Å². The van der Waals surface area contributed by atoms with Crippen LogP contribution in [0, 0.1) is 0 Å². The second-order valence-corrected chi connectivity index (χ2v) is 6.34. The highest BCUT2D eigenvalue weighted by atomic mass is 16.5. The average molecular weight is 322 g/mol. The smallest absolute Gasteiger partial charge is 0.142 e. The molecule has 0 aliphatic carbocycles. The molecule has 2 aromatic carbocycles. The Hall–Kier alpha value is -2.26. The summed E-state index contributed by atoms with van der Waals surface area (Å²) in [6.45, 7) is 7.50. The molecule has 126 valence electrons. The van der Waals surface area contributed by atoms with Crippen LogP contribution in [0.5, 0.6) is 5.75 Å². The van der Waals surface area contributed by atoms with Crippen LogP contribution in [0.2, 0.25) is 0 Å². The average Bonchev–Trinajstić information content (AvgIpc) is 2.63. The lowest BCUT2D eigenvalue weighted by Crippen LogP contribution is -2.46. The van der Waals surface area contributed by atoms with E-state index in [0.29, 0.717) is 0 Å². The molecule has 0 N–H and O–H groups in total. The van der Waals surface area contributed by atoms with E-state index in [1.54, 1.807) is 7.11 Å². The van der Waals surface area contributed by atoms with Gasteiger partial charge in [-0.3, -0.25) is 4.90 Å². The van der Waals surface area contributed by atoms with E-state index in [9.17, 15) is 0 Å². The largest absolute Gasteiger partial charge is 0.495 e. The van der Waals surface area contributed by atoms with Gasteiger partial charge < -0.3 is 9.64 Å². The van der Waals surface area contributed by atoms with Crippen molar-refractivity contribution in [1.29, 1.82) is 0 Å². The van der Waals surface area contributed by atoms with Gasteiger partial charge in [-0.2, -0.15) is 0 Å². The molecule has 3 nitrogen and oxygen atoms in total. The molecule has 24 heavy (non-hydrogen) atoms. The number of benzene rings is 2. The van der Waals surface area contributed by atoms with Gasteiger partial charge in [-0.05, 0) is 24.6 Å². The summed E-state index contributed by atoms with van der Waals surface area (Å²) in [5.74, 6) is 0.964. The summed E-state index contributed by atoms with van der Waals surface area (Å²) >= 11 is 0. The Morgan fingerprint density at radius 1 is 0.958 bits per heavy atom. The van der Waals surface area contributed by atoms with Crippen molar-refractivity contribution in [2.75, 3.05) is 44.7 Å². The predicted octanol–water partition coefficient (Wildman–Crippen LogP) is 3.92. The fraction of sp³-hybridized carbons (Fsp3) is 0.333. The molecule has 1 heterocycles. The van der Waals surface area contributed by atoms with Gasteiger partial charge >= 0.3 is 0 Å². The number of ether oxygens (including phenoxy) is 1. The zero-order valence-corrected chi connectivity index (χ0v) is 14.6. The SMILES string of the molecule is COc1ccccc1N1CCN(C/C(C)=C\c2ccccc2)CC1. The summed E-state index contributed by atoms with van der Waals surface area (Å²) in [7, 11) is 1.74. The minimum absolute atomic E-state index is 0.964. The fourth-order valence-corrected chi connectivity index (χ4v) is 3.27. The Kier molecular flexibility index (Phi) is 5.55. The van der Waals surface area contributed by atoms with Gasteiger partial charge in [0.15, 0.2) is 0 Å². The molecular formula is C21H26N2O. The molecule has 2 aromatic rings. The summed E-state index contributed by atoms with van der Waals surface area (Å²) in [4.78, 5) is 4.95. The van der Waals surface area contributed by atoms with Crippen LogP contribution in [0.4, 0.5) is 5.69 Å². The number of piperazine rings is 1. The molecule has 0 aromatic heterocycles. The lowest BCUT2D eigenvalue weighted by atomic mass is 10.1. The molecule has 1 fully saturated rings. The Balaban J connectivity index is 1.56. The minimum Gasteiger partial charge on any atom is -0.495 e. The molecule has 3 rings (SSSR count). The highest BCUT2D eigenvalue weighted by Crippen LogP contribution is 2.28. The maximum absolute atomic E-state index is 5.49. The van der Waals surface area contributed by atoms with Crippen molar-refractivity contribution < 1.29 is 4.74 Å². The van der Waals surface area contributed by atoms with Gasteiger partial charge in [-0.1, -0.05) is 54.1 Å². The number of nitrogens with zero attached hydrogens (tertiary/aromatic N) is 2. The first kappa shape index (κ1) is 16.6. The molecule has 1 saturated heterocycles. The Morgan fingerprint density at radius 3 is 2.33 bits per heavy atom. The third-order valence-electron chi connectivity index (χ3n) is 4.48. The van der Waals surface area contributed by atoms with E-state index in [1.807, 2.05) is 12.1 Å². The molecule has 0 bridgehead atoms. The molecule has 0 atom stereocenters. The summed E-state index contributed by atoms with van der Waals surface area (Å²) in [6.07, 6.45) is 2.28. The highest BCUT2D eigenvalue weighted by molar-refractivity contribution is 5.58. The number of anilines is 1. The van der Waals surface area contributed by atoms with Crippen molar-refractivity contribution in [3.63, 3.8) is 0 Å². The van der Waals surface area contributed by atoms with Crippen molar-refractivity contribution in [3.05, 3.63) is 65.7 Å². The molecule has 0 unspecified atom stereocenters. The van der Waals surface area contributed by atoms with E-state index < -0.39 is 0 Å². The standard InChI is InChI=1S/C21H26N2O/c1-18(16-19-8-4-3-5-9-19)17-22-12-14-23(15-13-22)20-10-6-7-11-21(20)24-2/h3-11,16H,12-15,17H2,1-2H3/b18-16-. The quantitative estimate of drug-likeness (QED) is 0.830.